The van der Waals surface area contributed by atoms with Crippen molar-refractivity contribution >= 4 is 28.6 Å². The van der Waals surface area contributed by atoms with Crippen LogP contribution in [0.25, 0.3) is 5.57 Å². The molecule has 0 heterocycles. The van der Waals surface area contributed by atoms with Gasteiger partial charge in [0.1, 0.15) is 5.82 Å². The average Bonchev–Trinajstić information content (AvgIpc) is 2.40. The molecule has 1 unspecified atom stereocenters. The molecule has 114 valence electrons. The summed E-state index contributed by atoms with van der Waals surface area (Å²) in [4.78, 5) is 0. The van der Waals surface area contributed by atoms with E-state index in [-0.39, 0.29) is 10.9 Å². The SMILES string of the molecule is CC(C)(C)C1CC=C(c2ccc(NC(N)=S)c(F)c2)CC1. The Morgan fingerprint density at radius 3 is 2.57 bits per heavy atom. The second-order valence-electron chi connectivity index (χ2n) is 6.75. The van der Waals surface area contributed by atoms with Gasteiger partial charge in [-0.3, -0.25) is 0 Å². The van der Waals surface area contributed by atoms with Crippen molar-refractivity contribution < 1.29 is 4.39 Å². The van der Waals surface area contributed by atoms with Crippen LogP contribution in [0.15, 0.2) is 24.3 Å². The quantitative estimate of drug-likeness (QED) is 0.777. The summed E-state index contributed by atoms with van der Waals surface area (Å²) >= 11 is 4.73. The highest BCUT2D eigenvalue weighted by Crippen LogP contribution is 2.39. The van der Waals surface area contributed by atoms with Gasteiger partial charge in [-0.2, -0.15) is 0 Å². The molecule has 0 fully saturated rings. The van der Waals surface area contributed by atoms with E-state index in [0.29, 0.717) is 17.0 Å². The number of allylic oxidation sites excluding steroid dienone is 2. The van der Waals surface area contributed by atoms with E-state index >= 15 is 0 Å². The third-order valence-electron chi connectivity index (χ3n) is 4.23. The van der Waals surface area contributed by atoms with Gasteiger partial charge in [-0.05, 0) is 66.1 Å². The maximum Gasteiger partial charge on any atom is 0.168 e. The summed E-state index contributed by atoms with van der Waals surface area (Å²) in [6.45, 7) is 6.85. The lowest BCUT2D eigenvalue weighted by molar-refractivity contribution is 0.225. The van der Waals surface area contributed by atoms with Crippen LogP contribution in [0, 0.1) is 17.2 Å². The first-order valence-corrected chi connectivity index (χ1v) is 7.73. The molecule has 0 radical (unpaired) electrons. The Balaban J connectivity index is 2.15. The molecule has 0 saturated carbocycles. The summed E-state index contributed by atoms with van der Waals surface area (Å²) in [5, 5.41) is 2.72. The van der Waals surface area contributed by atoms with Gasteiger partial charge in [0, 0.05) is 0 Å². The van der Waals surface area contributed by atoms with Gasteiger partial charge in [-0.15, -0.1) is 0 Å². The monoisotopic (exact) mass is 306 g/mol. The molecule has 1 aromatic carbocycles. The molecule has 1 atom stereocenters. The van der Waals surface area contributed by atoms with Crippen LogP contribution in [-0.4, -0.2) is 5.11 Å². The molecule has 3 N–H and O–H groups in total. The maximum atomic E-state index is 14.0. The molecule has 1 aliphatic carbocycles. The third-order valence-corrected chi connectivity index (χ3v) is 4.34. The van der Waals surface area contributed by atoms with Crippen LogP contribution in [0.2, 0.25) is 0 Å². The Morgan fingerprint density at radius 1 is 1.38 bits per heavy atom. The summed E-state index contributed by atoms with van der Waals surface area (Å²) in [5.74, 6) is 0.376. The van der Waals surface area contributed by atoms with E-state index in [2.05, 4.69) is 32.2 Å². The van der Waals surface area contributed by atoms with Gasteiger partial charge in [-0.25, -0.2) is 4.39 Å². The number of hydrogen-bond acceptors (Lipinski definition) is 1. The van der Waals surface area contributed by atoms with Crippen molar-refractivity contribution in [1.29, 1.82) is 0 Å². The second kappa shape index (κ2) is 6.14. The minimum Gasteiger partial charge on any atom is -0.376 e. The first-order chi connectivity index (χ1) is 9.77. The van der Waals surface area contributed by atoms with E-state index in [9.17, 15) is 4.39 Å². The second-order valence-corrected chi connectivity index (χ2v) is 7.19. The molecule has 2 nitrogen and oxygen atoms in total. The van der Waals surface area contributed by atoms with Gasteiger partial charge in [0.2, 0.25) is 0 Å². The molecule has 0 amide bonds. The van der Waals surface area contributed by atoms with Crippen molar-refractivity contribution in [3.63, 3.8) is 0 Å². The maximum absolute atomic E-state index is 14.0. The highest BCUT2D eigenvalue weighted by molar-refractivity contribution is 7.80. The number of benzene rings is 1. The van der Waals surface area contributed by atoms with E-state index in [0.717, 1.165) is 24.8 Å². The van der Waals surface area contributed by atoms with E-state index in [1.165, 1.54) is 5.57 Å². The van der Waals surface area contributed by atoms with Crippen molar-refractivity contribution in [2.24, 2.45) is 17.1 Å². The topological polar surface area (TPSA) is 38.0 Å². The number of rotatable bonds is 2. The largest absolute Gasteiger partial charge is 0.376 e. The first kappa shape index (κ1) is 16.0. The Bertz CT molecular complexity index is 573. The van der Waals surface area contributed by atoms with Crippen LogP contribution < -0.4 is 11.1 Å². The fourth-order valence-corrected chi connectivity index (χ4v) is 2.94. The van der Waals surface area contributed by atoms with Crippen molar-refractivity contribution in [3.05, 3.63) is 35.7 Å². The van der Waals surface area contributed by atoms with Gasteiger partial charge in [0.25, 0.3) is 0 Å². The van der Waals surface area contributed by atoms with Gasteiger partial charge in [-0.1, -0.05) is 32.9 Å². The van der Waals surface area contributed by atoms with E-state index in [1.54, 1.807) is 12.1 Å². The Labute approximate surface area is 131 Å². The van der Waals surface area contributed by atoms with Gasteiger partial charge >= 0.3 is 0 Å². The van der Waals surface area contributed by atoms with Gasteiger partial charge in [0.05, 0.1) is 5.69 Å². The molecule has 21 heavy (non-hydrogen) atoms. The minimum absolute atomic E-state index is 0.0755. The standard InChI is InChI=1S/C17H23FN2S/c1-17(2,3)13-7-4-11(5-8-13)12-6-9-15(14(18)10-12)20-16(19)21/h4,6,9-10,13H,5,7-8H2,1-3H3,(H3,19,20,21). The molecule has 2 rings (SSSR count). The summed E-state index contributed by atoms with van der Waals surface area (Å²) in [6.07, 6.45) is 5.48. The predicted molar refractivity (Wildman–Crippen MR) is 91.6 cm³/mol. The van der Waals surface area contributed by atoms with E-state index < -0.39 is 0 Å². The molecule has 0 bridgehead atoms. The lowest BCUT2D eigenvalue weighted by atomic mass is 9.72. The lowest BCUT2D eigenvalue weighted by Crippen LogP contribution is -2.22. The number of thiocarbonyl (C=S) groups is 1. The van der Waals surface area contributed by atoms with Crippen LogP contribution >= 0.6 is 12.2 Å². The zero-order valence-electron chi connectivity index (χ0n) is 12.9. The van der Waals surface area contributed by atoms with E-state index in [1.807, 2.05) is 6.07 Å². The molecule has 1 aliphatic rings. The molecule has 0 saturated heterocycles. The van der Waals surface area contributed by atoms with Crippen LogP contribution in [0.3, 0.4) is 0 Å². The van der Waals surface area contributed by atoms with Crippen molar-refractivity contribution in [3.8, 4) is 0 Å². The number of halogens is 1. The minimum atomic E-state index is -0.320. The van der Waals surface area contributed by atoms with Crippen LogP contribution in [0.5, 0.6) is 0 Å². The summed E-state index contributed by atoms with van der Waals surface area (Å²) in [5.41, 5.74) is 8.22. The highest BCUT2D eigenvalue weighted by atomic mass is 32.1. The van der Waals surface area contributed by atoms with Gasteiger partial charge < -0.3 is 11.1 Å². The van der Waals surface area contributed by atoms with Crippen molar-refractivity contribution in [2.75, 3.05) is 5.32 Å². The zero-order valence-corrected chi connectivity index (χ0v) is 13.7. The molecular weight excluding hydrogens is 283 g/mol. The fraction of sp³-hybridized carbons (Fsp3) is 0.471. The van der Waals surface area contributed by atoms with Gasteiger partial charge in [0.15, 0.2) is 5.11 Å². The molecule has 0 spiro atoms. The lowest BCUT2D eigenvalue weighted by Gasteiger charge is -2.33. The Kier molecular flexibility index (Phi) is 4.67. The van der Waals surface area contributed by atoms with E-state index in [4.69, 9.17) is 18.0 Å². The molecule has 0 aliphatic heterocycles. The molecule has 4 heteroatoms. The summed E-state index contributed by atoms with van der Waals surface area (Å²) < 4.78 is 14.0. The van der Waals surface area contributed by atoms with Crippen LogP contribution in [0.1, 0.15) is 45.6 Å². The summed E-state index contributed by atoms with van der Waals surface area (Å²) in [7, 11) is 0. The normalized spacial score (nSPS) is 19.0. The Morgan fingerprint density at radius 2 is 2.10 bits per heavy atom. The number of anilines is 1. The zero-order chi connectivity index (χ0) is 15.6. The smallest absolute Gasteiger partial charge is 0.168 e. The number of nitrogens with two attached hydrogens (primary N) is 1. The number of nitrogens with one attached hydrogen (secondary N) is 1. The highest BCUT2D eigenvalue weighted by Gasteiger charge is 2.26. The Hall–Kier alpha value is -1.42. The molecular formula is C17H23FN2S. The van der Waals surface area contributed by atoms with Crippen molar-refractivity contribution in [1.82, 2.24) is 0 Å². The molecule has 0 aromatic heterocycles. The van der Waals surface area contributed by atoms with Crippen molar-refractivity contribution in [2.45, 2.75) is 40.0 Å². The average molecular weight is 306 g/mol. The van der Waals surface area contributed by atoms with Crippen LogP contribution in [0.4, 0.5) is 10.1 Å². The predicted octanol–water partition coefficient (Wildman–Crippen LogP) is 4.71. The number of hydrogen-bond donors (Lipinski definition) is 2. The molecule has 1 aromatic rings. The first-order valence-electron chi connectivity index (χ1n) is 7.33. The van der Waals surface area contributed by atoms with Crippen LogP contribution in [-0.2, 0) is 0 Å². The summed E-state index contributed by atoms with van der Waals surface area (Å²) in [6, 6.07) is 5.18. The third kappa shape index (κ3) is 4.03. The fourth-order valence-electron chi connectivity index (χ4n) is 2.83.